The van der Waals surface area contributed by atoms with E-state index in [0.717, 1.165) is 45.3 Å². The van der Waals surface area contributed by atoms with Crippen molar-refractivity contribution in [3.8, 4) is 0 Å². The molecule has 0 aromatic heterocycles. The van der Waals surface area contributed by atoms with Gasteiger partial charge in [-0.25, -0.2) is 4.79 Å². The summed E-state index contributed by atoms with van der Waals surface area (Å²) in [7, 11) is 0. The molecule has 2 atom stereocenters. The third-order valence-corrected chi connectivity index (χ3v) is 4.10. The Morgan fingerprint density at radius 1 is 1.19 bits per heavy atom. The number of hydrogen-bond donors (Lipinski definition) is 3. The van der Waals surface area contributed by atoms with Crippen LogP contribution in [0.15, 0.2) is 0 Å². The first-order valence-corrected chi connectivity index (χ1v) is 8.08. The molecule has 6 heteroatoms. The maximum atomic E-state index is 11.9. The Kier molecular flexibility index (Phi) is 8.12. The van der Waals surface area contributed by atoms with Crippen molar-refractivity contribution >= 4 is 12.0 Å². The average molecular weight is 299 g/mol. The van der Waals surface area contributed by atoms with Crippen molar-refractivity contribution in [2.75, 3.05) is 26.2 Å². The average Bonchev–Trinajstić information content (AvgIpc) is 2.46. The SMILES string of the molecule is CCCN(CC)CCNC(=O)NC1CCCCC1C(=O)O. The van der Waals surface area contributed by atoms with Crippen molar-refractivity contribution in [1.82, 2.24) is 15.5 Å². The van der Waals surface area contributed by atoms with Crippen LogP contribution >= 0.6 is 0 Å². The standard InChI is InChI=1S/C15H29N3O3/c1-3-10-18(4-2)11-9-16-15(21)17-13-8-6-5-7-12(13)14(19)20/h12-13H,3-11H2,1-2H3,(H,19,20)(H2,16,17,21). The third-order valence-electron chi connectivity index (χ3n) is 4.10. The second kappa shape index (κ2) is 9.60. The number of nitrogens with one attached hydrogen (secondary N) is 2. The number of amides is 2. The van der Waals surface area contributed by atoms with E-state index in [1.165, 1.54) is 0 Å². The zero-order chi connectivity index (χ0) is 15.7. The lowest BCUT2D eigenvalue weighted by Gasteiger charge is -2.29. The molecule has 0 aliphatic heterocycles. The molecule has 0 saturated heterocycles. The molecule has 2 unspecified atom stereocenters. The summed E-state index contributed by atoms with van der Waals surface area (Å²) in [5, 5.41) is 14.8. The van der Waals surface area contributed by atoms with Gasteiger partial charge in [0.2, 0.25) is 0 Å². The number of rotatable bonds is 8. The third kappa shape index (κ3) is 6.33. The Balaban J connectivity index is 2.30. The predicted octanol–water partition coefficient (Wildman–Crippen LogP) is 1.66. The highest BCUT2D eigenvalue weighted by atomic mass is 16.4. The van der Waals surface area contributed by atoms with E-state index < -0.39 is 11.9 Å². The normalized spacial score (nSPS) is 22.0. The molecule has 21 heavy (non-hydrogen) atoms. The summed E-state index contributed by atoms with van der Waals surface area (Å²) >= 11 is 0. The minimum Gasteiger partial charge on any atom is -0.481 e. The highest BCUT2D eigenvalue weighted by molar-refractivity contribution is 5.76. The second-order valence-corrected chi connectivity index (χ2v) is 5.67. The van der Waals surface area contributed by atoms with Crippen molar-refractivity contribution in [1.29, 1.82) is 0 Å². The van der Waals surface area contributed by atoms with Crippen LogP contribution in [0.5, 0.6) is 0 Å². The lowest BCUT2D eigenvalue weighted by Crippen LogP contribution is -2.49. The van der Waals surface area contributed by atoms with Gasteiger partial charge in [0.25, 0.3) is 0 Å². The molecular weight excluding hydrogens is 270 g/mol. The van der Waals surface area contributed by atoms with E-state index in [-0.39, 0.29) is 12.1 Å². The van der Waals surface area contributed by atoms with Crippen LogP contribution in [0.4, 0.5) is 4.79 Å². The van der Waals surface area contributed by atoms with Crippen molar-refractivity contribution in [2.45, 2.75) is 52.0 Å². The minimum atomic E-state index is -0.805. The van der Waals surface area contributed by atoms with Crippen LogP contribution in [-0.4, -0.2) is 54.2 Å². The Morgan fingerprint density at radius 2 is 1.90 bits per heavy atom. The van der Waals surface area contributed by atoms with Gasteiger partial charge in [-0.05, 0) is 32.4 Å². The molecule has 0 aromatic carbocycles. The molecule has 2 amide bonds. The van der Waals surface area contributed by atoms with E-state index in [4.69, 9.17) is 0 Å². The number of likely N-dealkylation sites (N-methyl/N-ethyl adjacent to an activating group) is 1. The molecule has 1 rings (SSSR count). The molecule has 0 bridgehead atoms. The largest absolute Gasteiger partial charge is 0.481 e. The first-order valence-electron chi connectivity index (χ1n) is 8.08. The first kappa shape index (κ1) is 17.8. The van der Waals surface area contributed by atoms with E-state index in [9.17, 15) is 14.7 Å². The van der Waals surface area contributed by atoms with Gasteiger partial charge in [0, 0.05) is 19.1 Å². The second-order valence-electron chi connectivity index (χ2n) is 5.67. The van der Waals surface area contributed by atoms with E-state index in [2.05, 4.69) is 29.4 Å². The summed E-state index contributed by atoms with van der Waals surface area (Å²) < 4.78 is 0. The van der Waals surface area contributed by atoms with Crippen molar-refractivity contribution in [2.24, 2.45) is 5.92 Å². The summed E-state index contributed by atoms with van der Waals surface area (Å²) in [5.74, 6) is -1.25. The summed E-state index contributed by atoms with van der Waals surface area (Å²) in [6.45, 7) is 7.66. The Morgan fingerprint density at radius 3 is 2.52 bits per heavy atom. The molecular formula is C15H29N3O3. The predicted molar refractivity (Wildman–Crippen MR) is 82.3 cm³/mol. The minimum absolute atomic E-state index is 0.242. The van der Waals surface area contributed by atoms with Gasteiger partial charge in [-0.15, -0.1) is 0 Å². The number of hydrogen-bond acceptors (Lipinski definition) is 3. The van der Waals surface area contributed by atoms with Gasteiger partial charge >= 0.3 is 12.0 Å². The van der Waals surface area contributed by atoms with E-state index in [1.807, 2.05) is 0 Å². The fourth-order valence-corrected chi connectivity index (χ4v) is 2.89. The van der Waals surface area contributed by atoms with Crippen LogP contribution in [0.3, 0.4) is 0 Å². The number of nitrogens with zero attached hydrogens (tertiary/aromatic N) is 1. The van der Waals surface area contributed by atoms with E-state index in [1.54, 1.807) is 0 Å². The molecule has 0 spiro atoms. The molecule has 0 heterocycles. The molecule has 0 radical (unpaired) electrons. The molecule has 1 saturated carbocycles. The summed E-state index contributed by atoms with van der Waals surface area (Å²) in [5.41, 5.74) is 0. The van der Waals surface area contributed by atoms with Gasteiger partial charge in [0.1, 0.15) is 0 Å². The van der Waals surface area contributed by atoms with Crippen LogP contribution in [0, 0.1) is 5.92 Å². The zero-order valence-corrected chi connectivity index (χ0v) is 13.2. The monoisotopic (exact) mass is 299 g/mol. The molecule has 0 aromatic rings. The fraction of sp³-hybridized carbons (Fsp3) is 0.867. The van der Waals surface area contributed by atoms with Gasteiger partial charge in [-0.2, -0.15) is 0 Å². The number of urea groups is 1. The molecule has 122 valence electrons. The van der Waals surface area contributed by atoms with Crippen LogP contribution in [0.2, 0.25) is 0 Å². The highest BCUT2D eigenvalue weighted by Gasteiger charge is 2.31. The van der Waals surface area contributed by atoms with Gasteiger partial charge < -0.3 is 20.6 Å². The van der Waals surface area contributed by atoms with Crippen LogP contribution < -0.4 is 10.6 Å². The van der Waals surface area contributed by atoms with Gasteiger partial charge in [-0.3, -0.25) is 4.79 Å². The molecule has 6 nitrogen and oxygen atoms in total. The van der Waals surface area contributed by atoms with Crippen LogP contribution in [0.1, 0.15) is 46.0 Å². The lowest BCUT2D eigenvalue weighted by molar-refractivity contribution is -0.143. The maximum absolute atomic E-state index is 11.9. The Hall–Kier alpha value is -1.30. The fourth-order valence-electron chi connectivity index (χ4n) is 2.89. The summed E-state index contributed by atoms with van der Waals surface area (Å²) in [4.78, 5) is 25.3. The first-order chi connectivity index (χ1) is 10.1. The number of carbonyl (C=O) groups excluding carboxylic acids is 1. The number of carboxylic acids is 1. The highest BCUT2D eigenvalue weighted by Crippen LogP contribution is 2.24. The number of aliphatic carboxylic acids is 1. The smallest absolute Gasteiger partial charge is 0.315 e. The summed E-state index contributed by atoms with van der Waals surface area (Å²) in [6.07, 6.45) is 4.41. The molecule has 3 N–H and O–H groups in total. The quantitative estimate of drug-likeness (QED) is 0.636. The molecule has 1 fully saturated rings. The Labute approximate surface area is 127 Å². The number of carbonyl (C=O) groups is 2. The number of carboxylic acid groups (broad SMARTS) is 1. The lowest BCUT2D eigenvalue weighted by atomic mass is 9.84. The molecule has 1 aliphatic rings. The molecule has 1 aliphatic carbocycles. The van der Waals surface area contributed by atoms with Gasteiger partial charge in [0.05, 0.1) is 5.92 Å². The Bertz CT molecular complexity index is 336. The topological polar surface area (TPSA) is 81.7 Å². The zero-order valence-electron chi connectivity index (χ0n) is 13.2. The van der Waals surface area contributed by atoms with Crippen LogP contribution in [0.25, 0.3) is 0 Å². The maximum Gasteiger partial charge on any atom is 0.315 e. The van der Waals surface area contributed by atoms with Gasteiger partial charge in [-0.1, -0.05) is 26.7 Å². The summed E-state index contributed by atoms with van der Waals surface area (Å²) in [6, 6.07) is -0.491. The van der Waals surface area contributed by atoms with Crippen molar-refractivity contribution in [3.63, 3.8) is 0 Å². The van der Waals surface area contributed by atoms with Gasteiger partial charge in [0.15, 0.2) is 0 Å². The van der Waals surface area contributed by atoms with Crippen molar-refractivity contribution in [3.05, 3.63) is 0 Å². The van der Waals surface area contributed by atoms with E-state index >= 15 is 0 Å². The van der Waals surface area contributed by atoms with Crippen LogP contribution in [-0.2, 0) is 4.79 Å². The van der Waals surface area contributed by atoms with Crippen molar-refractivity contribution < 1.29 is 14.7 Å². The van der Waals surface area contributed by atoms with E-state index in [0.29, 0.717) is 13.0 Å².